The van der Waals surface area contributed by atoms with Crippen LogP contribution >= 0.6 is 11.3 Å². The van der Waals surface area contributed by atoms with Gasteiger partial charge in [-0.3, -0.25) is 0 Å². The molecular weight excluding hydrogens is 490 g/mol. The van der Waals surface area contributed by atoms with Gasteiger partial charge in [-0.1, -0.05) is 47.7 Å². The maximum atomic E-state index is 12.8. The first-order valence-electron chi connectivity index (χ1n) is 10.5. The Morgan fingerprint density at radius 2 is 1.86 bits per heavy atom. The molecule has 2 aromatic heterocycles. The van der Waals surface area contributed by atoms with Gasteiger partial charge in [0.1, 0.15) is 10.8 Å². The van der Waals surface area contributed by atoms with Gasteiger partial charge in [-0.25, -0.2) is 27.6 Å². The van der Waals surface area contributed by atoms with Gasteiger partial charge in [-0.2, -0.15) is 0 Å². The van der Waals surface area contributed by atoms with Crippen LogP contribution in [0.4, 0.5) is 0 Å². The van der Waals surface area contributed by atoms with Crippen molar-refractivity contribution in [1.82, 2.24) is 24.7 Å². The van der Waals surface area contributed by atoms with E-state index in [-0.39, 0.29) is 10.8 Å². The summed E-state index contributed by atoms with van der Waals surface area (Å²) in [5.41, 5.74) is 2.07. The largest absolute Gasteiger partial charge is 0.497 e. The number of carbonyl (C=O) groups is 1. The third-order valence-electron chi connectivity index (χ3n) is 5.15. The predicted octanol–water partition coefficient (Wildman–Crippen LogP) is 2.85. The molecule has 2 aromatic carbocycles. The van der Waals surface area contributed by atoms with Crippen molar-refractivity contribution in [2.24, 2.45) is 0 Å². The zero-order valence-electron chi connectivity index (χ0n) is 19.0. The van der Waals surface area contributed by atoms with E-state index < -0.39 is 22.0 Å². The summed E-state index contributed by atoms with van der Waals surface area (Å²) in [5, 5.41) is 8.66. The molecule has 1 N–H and O–H groups in total. The molecular formula is C23H23N5O5S2. The molecule has 0 aliphatic heterocycles. The number of sulfonamides is 1. The number of hydrogen-bond donors (Lipinski definition) is 1. The molecule has 0 radical (unpaired) electrons. The molecule has 0 fully saturated rings. The van der Waals surface area contributed by atoms with Gasteiger partial charge in [-0.15, -0.1) is 16.4 Å². The fourth-order valence-corrected chi connectivity index (χ4v) is 5.47. The highest BCUT2D eigenvalue weighted by atomic mass is 32.2. The maximum Gasteiger partial charge on any atom is 0.331 e. The molecule has 35 heavy (non-hydrogen) atoms. The minimum absolute atomic E-state index is 0.0932. The molecule has 0 aliphatic rings. The Labute approximate surface area is 206 Å². The quantitative estimate of drug-likeness (QED) is 0.321. The Kier molecular flexibility index (Phi) is 7.54. The summed E-state index contributed by atoms with van der Waals surface area (Å²) in [6.45, 7) is -0.0999. The lowest BCUT2D eigenvalue weighted by molar-refractivity contribution is -0.144. The molecule has 10 nitrogen and oxygen atoms in total. The average Bonchev–Trinajstić information content (AvgIpc) is 3.57. The number of esters is 1. The zero-order chi connectivity index (χ0) is 24.8. The summed E-state index contributed by atoms with van der Waals surface area (Å²) in [7, 11) is -0.930. The van der Waals surface area contributed by atoms with Crippen molar-refractivity contribution in [3.63, 3.8) is 0 Å². The number of rotatable bonds is 10. The Morgan fingerprint density at radius 3 is 2.54 bits per heavy atom. The SMILES string of the molecule is COC(=O)[C@H](Cc1ccc(OC)cc1)n1cc(CNS(=O)(=O)c2cnc(-c3ccccc3)s2)nn1. The fourth-order valence-electron chi connectivity index (χ4n) is 3.29. The van der Waals surface area contributed by atoms with E-state index in [2.05, 4.69) is 20.0 Å². The van der Waals surface area contributed by atoms with Crippen LogP contribution in [0.3, 0.4) is 0 Å². The van der Waals surface area contributed by atoms with E-state index in [0.29, 0.717) is 22.9 Å². The lowest BCUT2D eigenvalue weighted by Crippen LogP contribution is -2.24. The number of carbonyl (C=O) groups excluding carboxylic acids is 1. The molecule has 2 heterocycles. The van der Waals surface area contributed by atoms with Crippen LogP contribution in [0.5, 0.6) is 5.75 Å². The molecule has 0 bridgehead atoms. The van der Waals surface area contributed by atoms with E-state index in [1.165, 1.54) is 24.2 Å². The Bertz CT molecular complexity index is 1390. The van der Waals surface area contributed by atoms with Crippen LogP contribution in [0.1, 0.15) is 17.3 Å². The number of thiazole rings is 1. The van der Waals surface area contributed by atoms with Gasteiger partial charge in [-0.05, 0) is 17.7 Å². The van der Waals surface area contributed by atoms with Crippen molar-refractivity contribution in [1.29, 1.82) is 0 Å². The van der Waals surface area contributed by atoms with Crippen molar-refractivity contribution in [3.05, 3.63) is 78.2 Å². The summed E-state index contributed by atoms with van der Waals surface area (Å²) < 4.78 is 39.6. The summed E-state index contributed by atoms with van der Waals surface area (Å²) in [6.07, 6.45) is 3.17. The second kappa shape index (κ2) is 10.8. The summed E-state index contributed by atoms with van der Waals surface area (Å²) in [4.78, 5) is 16.6. The van der Waals surface area contributed by atoms with Crippen molar-refractivity contribution in [2.45, 2.75) is 23.2 Å². The van der Waals surface area contributed by atoms with E-state index in [9.17, 15) is 13.2 Å². The first-order chi connectivity index (χ1) is 16.9. The number of nitrogens with zero attached hydrogens (tertiary/aromatic N) is 4. The van der Waals surface area contributed by atoms with E-state index in [0.717, 1.165) is 22.5 Å². The molecule has 12 heteroatoms. The number of benzene rings is 2. The predicted molar refractivity (Wildman–Crippen MR) is 129 cm³/mol. The van der Waals surface area contributed by atoms with Crippen molar-refractivity contribution in [2.75, 3.05) is 14.2 Å². The molecule has 0 amide bonds. The standard InChI is InChI=1S/C23H23N5O5S2/c1-32-19-10-8-16(9-11-19)12-20(23(29)33-2)28-15-18(26-27-28)13-25-35(30,31)21-14-24-22(34-21)17-6-4-3-5-7-17/h3-11,14-15,20,25H,12-13H2,1-2H3/t20-/m0/s1. The van der Waals surface area contributed by atoms with Gasteiger partial charge in [0.25, 0.3) is 10.0 Å². The molecule has 182 valence electrons. The maximum absolute atomic E-state index is 12.8. The number of ether oxygens (including phenoxy) is 2. The van der Waals surface area contributed by atoms with Gasteiger partial charge in [0.05, 0.1) is 38.9 Å². The minimum Gasteiger partial charge on any atom is -0.497 e. The molecule has 0 saturated carbocycles. The normalized spacial score (nSPS) is 12.3. The van der Waals surface area contributed by atoms with Crippen LogP contribution in [-0.2, 0) is 32.5 Å². The van der Waals surface area contributed by atoms with Gasteiger partial charge >= 0.3 is 5.97 Å². The summed E-state index contributed by atoms with van der Waals surface area (Å²) in [6, 6.07) is 15.9. The first kappa shape index (κ1) is 24.5. The van der Waals surface area contributed by atoms with Crippen molar-refractivity contribution in [3.8, 4) is 16.3 Å². The second-order valence-electron chi connectivity index (χ2n) is 7.46. The molecule has 4 rings (SSSR count). The molecule has 4 aromatic rings. The third kappa shape index (κ3) is 5.91. The number of aromatic nitrogens is 4. The van der Waals surface area contributed by atoms with Crippen molar-refractivity contribution >= 4 is 27.3 Å². The van der Waals surface area contributed by atoms with Gasteiger partial charge in [0.2, 0.25) is 0 Å². The summed E-state index contributed by atoms with van der Waals surface area (Å²) in [5.74, 6) is 0.214. The Morgan fingerprint density at radius 1 is 1.11 bits per heavy atom. The lowest BCUT2D eigenvalue weighted by Gasteiger charge is -2.14. The average molecular weight is 514 g/mol. The smallest absolute Gasteiger partial charge is 0.331 e. The summed E-state index contributed by atoms with van der Waals surface area (Å²) >= 11 is 1.08. The zero-order valence-corrected chi connectivity index (χ0v) is 20.6. The molecule has 0 unspecified atom stereocenters. The Hall–Kier alpha value is -3.61. The van der Waals surface area contributed by atoms with Gasteiger partial charge < -0.3 is 9.47 Å². The van der Waals surface area contributed by atoms with Crippen LogP contribution in [-0.4, -0.2) is 48.6 Å². The highest BCUT2D eigenvalue weighted by Gasteiger charge is 2.24. The number of nitrogens with one attached hydrogen (secondary N) is 1. The molecule has 0 aliphatic carbocycles. The number of methoxy groups -OCH3 is 2. The van der Waals surface area contributed by atoms with Gasteiger partial charge in [0.15, 0.2) is 10.3 Å². The monoisotopic (exact) mass is 513 g/mol. The van der Waals surface area contributed by atoms with Crippen molar-refractivity contribution < 1.29 is 22.7 Å². The topological polar surface area (TPSA) is 125 Å². The van der Waals surface area contributed by atoms with E-state index in [4.69, 9.17) is 9.47 Å². The first-order valence-corrected chi connectivity index (χ1v) is 12.8. The lowest BCUT2D eigenvalue weighted by atomic mass is 10.1. The molecule has 0 spiro atoms. The fraction of sp³-hybridized carbons (Fsp3) is 0.217. The second-order valence-corrected chi connectivity index (χ2v) is 10.5. The van der Waals surface area contributed by atoms with E-state index in [1.807, 2.05) is 42.5 Å². The molecule has 0 saturated heterocycles. The van der Waals surface area contributed by atoms with Crippen LogP contribution < -0.4 is 9.46 Å². The van der Waals surface area contributed by atoms with Crippen LogP contribution in [0.15, 0.2) is 71.2 Å². The van der Waals surface area contributed by atoms with Crippen LogP contribution in [0, 0.1) is 0 Å². The van der Waals surface area contributed by atoms with E-state index >= 15 is 0 Å². The van der Waals surface area contributed by atoms with Crippen LogP contribution in [0.2, 0.25) is 0 Å². The number of hydrogen-bond acceptors (Lipinski definition) is 9. The molecule has 1 atom stereocenters. The highest BCUT2D eigenvalue weighted by Crippen LogP contribution is 2.27. The van der Waals surface area contributed by atoms with Gasteiger partial charge in [0, 0.05) is 12.0 Å². The Balaban J connectivity index is 1.45. The van der Waals surface area contributed by atoms with E-state index in [1.54, 1.807) is 19.2 Å². The minimum atomic E-state index is -3.81. The highest BCUT2D eigenvalue weighted by molar-refractivity contribution is 7.91. The third-order valence-corrected chi connectivity index (χ3v) is 8.06. The van der Waals surface area contributed by atoms with Crippen LogP contribution in [0.25, 0.3) is 10.6 Å².